The number of hydrogen-bond acceptors (Lipinski definition) is 9. The Morgan fingerprint density at radius 2 is 1.82 bits per heavy atom. The van der Waals surface area contributed by atoms with E-state index in [4.69, 9.17) is 9.47 Å². The number of amides is 5. The number of sulfonamides is 1. The Balaban J connectivity index is 1.25. The summed E-state index contributed by atoms with van der Waals surface area (Å²) < 4.78 is 53.3. The quantitative estimate of drug-likeness (QED) is 0.384. The van der Waals surface area contributed by atoms with Crippen LogP contribution >= 0.6 is 0 Å². The van der Waals surface area contributed by atoms with Crippen LogP contribution in [-0.2, 0) is 47.0 Å². The zero-order chi connectivity index (χ0) is 36.7. The summed E-state index contributed by atoms with van der Waals surface area (Å²) in [4.78, 5) is 70.8. The van der Waals surface area contributed by atoms with Gasteiger partial charge in [0.05, 0.1) is 18.3 Å². The largest absolute Gasteiger partial charge is 0.444 e. The van der Waals surface area contributed by atoms with Crippen LogP contribution in [-0.4, -0.2) is 89.2 Å². The van der Waals surface area contributed by atoms with Crippen LogP contribution in [0, 0.1) is 11.7 Å². The second-order valence-electron chi connectivity index (χ2n) is 15.2. The monoisotopic (exact) mass is 731 g/mol. The minimum Gasteiger partial charge on any atom is -0.444 e. The van der Waals surface area contributed by atoms with Crippen LogP contribution in [0.15, 0.2) is 30.4 Å². The number of carbonyl (C=O) groups excluding carboxylic acids is 5. The summed E-state index contributed by atoms with van der Waals surface area (Å²) in [6, 6.07) is 2.30. The highest BCUT2D eigenvalue weighted by Gasteiger charge is 2.62. The van der Waals surface area contributed by atoms with Crippen molar-refractivity contribution in [3.63, 3.8) is 0 Å². The first-order valence-electron chi connectivity index (χ1n) is 17.6. The molecule has 5 atom stereocenters. The topological polar surface area (TPSA) is 181 Å². The lowest BCUT2D eigenvalue weighted by Crippen LogP contribution is -2.58. The van der Waals surface area contributed by atoms with Crippen molar-refractivity contribution >= 4 is 39.9 Å². The maximum absolute atomic E-state index is 14.4. The lowest BCUT2D eigenvalue weighted by atomic mass is 10.0. The molecule has 51 heavy (non-hydrogen) atoms. The Morgan fingerprint density at radius 1 is 1.06 bits per heavy atom. The molecular formula is C35H46FN5O9S. The molecule has 5 aliphatic rings. The number of allylic oxidation sites excluding steroid dienone is 1. The normalized spacial score (nSPS) is 28.3. The summed E-state index contributed by atoms with van der Waals surface area (Å²) in [5, 5.41) is 4.79. The van der Waals surface area contributed by atoms with Crippen LogP contribution in [0.5, 0.6) is 0 Å². The number of nitrogens with one attached hydrogen (secondary N) is 3. The molecule has 6 rings (SSSR count). The van der Waals surface area contributed by atoms with Crippen molar-refractivity contribution in [3.8, 4) is 0 Å². The first-order chi connectivity index (χ1) is 24.1. The van der Waals surface area contributed by atoms with E-state index in [-0.39, 0.29) is 38.9 Å². The molecule has 3 fully saturated rings. The molecule has 2 saturated carbocycles. The molecule has 0 spiro atoms. The lowest BCUT2D eigenvalue weighted by Gasteiger charge is -2.30. The van der Waals surface area contributed by atoms with Crippen LogP contribution in [0.25, 0.3) is 0 Å². The second kappa shape index (κ2) is 14.1. The van der Waals surface area contributed by atoms with Gasteiger partial charge in [-0.15, -0.1) is 0 Å². The summed E-state index contributed by atoms with van der Waals surface area (Å²) in [6.45, 7) is 5.01. The van der Waals surface area contributed by atoms with E-state index in [0.29, 0.717) is 36.8 Å². The number of ether oxygens (including phenoxy) is 2. The smallest absolute Gasteiger partial charge is 0.410 e. The molecule has 1 aromatic rings. The third-order valence-corrected chi connectivity index (χ3v) is 11.8. The molecule has 0 aromatic heterocycles. The van der Waals surface area contributed by atoms with E-state index in [1.807, 2.05) is 12.2 Å². The number of rotatable bonds is 5. The van der Waals surface area contributed by atoms with Gasteiger partial charge in [-0.25, -0.2) is 22.4 Å². The van der Waals surface area contributed by atoms with E-state index in [0.717, 1.165) is 12.8 Å². The van der Waals surface area contributed by atoms with E-state index < -0.39 is 86.2 Å². The van der Waals surface area contributed by atoms with Crippen LogP contribution in [0.3, 0.4) is 0 Å². The standard InChI is InChI=1S/C35H46FN5O9S/c1-34(2,3)50-32(45)37-27-13-8-6-4-5-7-11-22-17-35(22,31(44)39-51(47,48)24-14-15-24)38-29(42)28-16-23(19-41(28)30(27)43)49-33(46)40-18-21-10-9-12-26(36)25(21)20-40/h7,9-12,22-24,27-28H,4-6,8,13-20H2,1-3H3,(H,37,45)(H,38,42)(H,39,44)/t22-,23-,27+,28?,35-/m1/s1. The molecule has 0 bridgehead atoms. The highest BCUT2D eigenvalue weighted by atomic mass is 32.2. The first-order valence-corrected chi connectivity index (χ1v) is 19.2. The summed E-state index contributed by atoms with van der Waals surface area (Å²) in [5.41, 5.74) is -1.36. The fourth-order valence-corrected chi connectivity index (χ4v) is 8.39. The zero-order valence-electron chi connectivity index (χ0n) is 29.1. The number of carbonyl (C=O) groups is 5. The van der Waals surface area contributed by atoms with Gasteiger partial charge in [-0.3, -0.25) is 24.0 Å². The van der Waals surface area contributed by atoms with Crippen LogP contribution in [0.1, 0.15) is 89.7 Å². The van der Waals surface area contributed by atoms with E-state index in [2.05, 4.69) is 15.4 Å². The number of fused-ring (bicyclic) bond motifs is 3. The van der Waals surface area contributed by atoms with Gasteiger partial charge >= 0.3 is 12.2 Å². The molecular weight excluding hydrogens is 685 g/mol. The molecule has 278 valence electrons. The zero-order valence-corrected chi connectivity index (χ0v) is 29.9. The molecule has 3 aliphatic heterocycles. The third-order valence-electron chi connectivity index (χ3n) is 9.99. The summed E-state index contributed by atoms with van der Waals surface area (Å²) in [6.07, 6.45) is 5.10. The Kier molecular flexibility index (Phi) is 10.1. The lowest BCUT2D eigenvalue weighted by molar-refractivity contribution is -0.141. The minimum atomic E-state index is -3.92. The van der Waals surface area contributed by atoms with Crippen LogP contribution < -0.4 is 15.4 Å². The maximum atomic E-state index is 14.4. The fourth-order valence-electron chi connectivity index (χ4n) is 7.02. The molecule has 5 amide bonds. The minimum absolute atomic E-state index is 0.00168. The maximum Gasteiger partial charge on any atom is 0.410 e. The number of halogens is 1. The van der Waals surface area contributed by atoms with E-state index in [1.165, 1.54) is 15.9 Å². The van der Waals surface area contributed by atoms with Gasteiger partial charge in [0.2, 0.25) is 21.8 Å². The number of alkyl carbamates (subject to hydrolysis) is 1. The van der Waals surface area contributed by atoms with Gasteiger partial charge in [0.1, 0.15) is 35.1 Å². The van der Waals surface area contributed by atoms with Crippen molar-refractivity contribution < 1.29 is 46.3 Å². The van der Waals surface area contributed by atoms with Crippen molar-refractivity contribution in [2.24, 2.45) is 5.92 Å². The predicted octanol–water partition coefficient (Wildman–Crippen LogP) is 3.14. The summed E-state index contributed by atoms with van der Waals surface area (Å²) in [7, 11) is -3.92. The number of hydrogen-bond donors (Lipinski definition) is 3. The SMILES string of the molecule is CC(C)(C)OC(=O)N[C@H]1CCCCCC=C[C@@H]2C[C@@]2(C(=O)NS(=O)(=O)C2CC2)NC(=O)C2C[C@@H](OC(=O)N3Cc4cccc(F)c4C3)CN2C1=O. The van der Waals surface area contributed by atoms with Crippen LogP contribution in [0.4, 0.5) is 14.0 Å². The molecule has 2 aliphatic carbocycles. The van der Waals surface area contributed by atoms with Gasteiger partial charge in [-0.05, 0) is 70.9 Å². The molecule has 1 aromatic carbocycles. The number of nitrogens with zero attached hydrogens (tertiary/aromatic N) is 2. The molecule has 16 heteroatoms. The van der Waals surface area contributed by atoms with Gasteiger partial charge in [0.25, 0.3) is 5.91 Å². The van der Waals surface area contributed by atoms with E-state index in [9.17, 15) is 36.8 Å². The van der Waals surface area contributed by atoms with E-state index >= 15 is 0 Å². The van der Waals surface area contributed by atoms with Crippen molar-refractivity contribution in [1.29, 1.82) is 0 Å². The second-order valence-corrected chi connectivity index (χ2v) is 17.2. The average molecular weight is 732 g/mol. The molecule has 14 nitrogen and oxygen atoms in total. The summed E-state index contributed by atoms with van der Waals surface area (Å²) in [5.74, 6) is -3.06. The third kappa shape index (κ3) is 8.31. The highest BCUT2D eigenvalue weighted by Crippen LogP contribution is 2.46. The first kappa shape index (κ1) is 36.6. The fraction of sp³-hybridized carbons (Fsp3) is 0.629. The van der Waals surface area contributed by atoms with Crippen molar-refractivity contribution in [1.82, 2.24) is 25.2 Å². The highest BCUT2D eigenvalue weighted by molar-refractivity contribution is 7.91. The Bertz CT molecular complexity index is 1730. The van der Waals surface area contributed by atoms with Crippen LogP contribution in [0.2, 0.25) is 0 Å². The Hall–Kier alpha value is -4.21. The molecule has 1 unspecified atom stereocenters. The van der Waals surface area contributed by atoms with Crippen molar-refractivity contribution in [2.45, 2.75) is 126 Å². The van der Waals surface area contributed by atoms with Gasteiger partial charge < -0.3 is 25.0 Å². The molecule has 1 saturated heterocycles. The average Bonchev–Trinajstić information content (AvgIpc) is 3.93. The predicted molar refractivity (Wildman–Crippen MR) is 180 cm³/mol. The number of benzene rings is 1. The van der Waals surface area contributed by atoms with Gasteiger partial charge in [0.15, 0.2) is 0 Å². The van der Waals surface area contributed by atoms with Crippen molar-refractivity contribution in [3.05, 3.63) is 47.3 Å². The van der Waals surface area contributed by atoms with Gasteiger partial charge in [-0.1, -0.05) is 37.1 Å². The molecule has 3 heterocycles. The Labute approximate surface area is 296 Å². The molecule has 3 N–H and O–H groups in total. The summed E-state index contributed by atoms with van der Waals surface area (Å²) >= 11 is 0. The molecule has 0 radical (unpaired) electrons. The van der Waals surface area contributed by atoms with E-state index in [1.54, 1.807) is 32.9 Å². The van der Waals surface area contributed by atoms with Gasteiger partial charge in [-0.2, -0.15) is 0 Å². The van der Waals surface area contributed by atoms with Crippen molar-refractivity contribution in [2.75, 3.05) is 6.54 Å². The van der Waals surface area contributed by atoms with Gasteiger partial charge in [0, 0.05) is 24.4 Å². The Morgan fingerprint density at radius 3 is 2.53 bits per heavy atom.